The van der Waals surface area contributed by atoms with E-state index >= 15 is 0 Å². The van der Waals surface area contributed by atoms with Crippen molar-refractivity contribution in [3.8, 4) is 11.5 Å². The fourth-order valence-electron chi connectivity index (χ4n) is 3.10. The van der Waals surface area contributed by atoms with Crippen LogP contribution in [0.25, 0.3) is 11.5 Å². The zero-order valence-electron chi connectivity index (χ0n) is 13.2. The number of aromatic nitrogens is 4. The fraction of sp³-hybridized carbons (Fsp3) is 0.600. The van der Waals surface area contributed by atoms with Gasteiger partial charge in [0.05, 0.1) is 11.4 Å². The molecule has 24 heavy (non-hydrogen) atoms. The maximum Gasteiger partial charge on any atom is 0.227 e. The third-order valence-corrected chi connectivity index (χ3v) is 6.88. The molecular formula is C15H19N5O3S. The number of piperidine rings is 1. The molecule has 0 N–H and O–H groups in total. The van der Waals surface area contributed by atoms with Gasteiger partial charge in [0.25, 0.3) is 0 Å². The highest BCUT2D eigenvalue weighted by Crippen LogP contribution is 2.33. The van der Waals surface area contributed by atoms with E-state index in [-0.39, 0.29) is 11.2 Å². The number of hydrogen-bond acceptors (Lipinski definition) is 7. The summed E-state index contributed by atoms with van der Waals surface area (Å²) >= 11 is 0. The Morgan fingerprint density at radius 2 is 2.12 bits per heavy atom. The molecule has 2 aromatic rings. The van der Waals surface area contributed by atoms with Gasteiger partial charge in [-0.05, 0) is 31.6 Å². The van der Waals surface area contributed by atoms with E-state index < -0.39 is 10.0 Å². The second-order valence-corrected chi connectivity index (χ2v) is 8.63. The van der Waals surface area contributed by atoms with E-state index in [9.17, 15) is 8.42 Å². The van der Waals surface area contributed by atoms with Crippen molar-refractivity contribution in [2.45, 2.75) is 37.4 Å². The molecule has 0 aromatic carbocycles. The summed E-state index contributed by atoms with van der Waals surface area (Å²) in [6, 6.07) is 0. The van der Waals surface area contributed by atoms with Gasteiger partial charge in [-0.15, -0.1) is 0 Å². The zero-order chi connectivity index (χ0) is 16.6. The normalized spacial score (nSPS) is 22.6. The standard InChI is InChI=1S/C15H19N5O3S/c21-24(22,12-3-4-12)20-7-1-2-11(10-20)8-14-18-15(19-23-14)13-9-16-5-6-17-13/h5-6,9,11-12H,1-4,7-8,10H2/t11-/m1/s1. The van der Waals surface area contributed by atoms with Crippen molar-refractivity contribution in [3.05, 3.63) is 24.5 Å². The topological polar surface area (TPSA) is 102 Å². The third-order valence-electron chi connectivity index (χ3n) is 4.51. The van der Waals surface area contributed by atoms with Gasteiger partial charge in [0.1, 0.15) is 5.69 Å². The molecule has 2 fully saturated rings. The second-order valence-electron chi connectivity index (χ2n) is 6.42. The highest BCUT2D eigenvalue weighted by atomic mass is 32.2. The minimum absolute atomic E-state index is 0.150. The first-order valence-electron chi connectivity index (χ1n) is 8.21. The predicted octanol–water partition coefficient (Wildman–Crippen LogP) is 1.27. The van der Waals surface area contributed by atoms with Gasteiger partial charge >= 0.3 is 0 Å². The van der Waals surface area contributed by atoms with Gasteiger partial charge in [-0.3, -0.25) is 4.98 Å². The first-order chi connectivity index (χ1) is 11.6. The van der Waals surface area contributed by atoms with Gasteiger partial charge in [0.2, 0.25) is 21.7 Å². The number of rotatable bonds is 5. The van der Waals surface area contributed by atoms with Crippen LogP contribution in [0.2, 0.25) is 0 Å². The monoisotopic (exact) mass is 349 g/mol. The fourth-order valence-corrected chi connectivity index (χ4v) is 5.06. The van der Waals surface area contributed by atoms with Gasteiger partial charge in [-0.25, -0.2) is 17.7 Å². The quantitative estimate of drug-likeness (QED) is 0.801. The van der Waals surface area contributed by atoms with Crippen molar-refractivity contribution in [1.29, 1.82) is 0 Å². The molecule has 3 heterocycles. The molecule has 4 rings (SSSR count). The molecule has 2 aromatic heterocycles. The molecular weight excluding hydrogens is 330 g/mol. The second kappa shape index (κ2) is 6.21. The lowest BCUT2D eigenvalue weighted by Gasteiger charge is -2.31. The van der Waals surface area contributed by atoms with Crippen molar-refractivity contribution in [1.82, 2.24) is 24.4 Å². The Bertz CT molecular complexity index is 804. The summed E-state index contributed by atoms with van der Waals surface area (Å²) < 4.78 is 31.7. The summed E-state index contributed by atoms with van der Waals surface area (Å²) in [5, 5.41) is 3.79. The first kappa shape index (κ1) is 15.6. The lowest BCUT2D eigenvalue weighted by Crippen LogP contribution is -2.42. The molecule has 0 unspecified atom stereocenters. The predicted molar refractivity (Wildman–Crippen MR) is 85.3 cm³/mol. The van der Waals surface area contributed by atoms with Crippen molar-refractivity contribution >= 4 is 10.0 Å². The number of nitrogens with zero attached hydrogens (tertiary/aromatic N) is 5. The van der Waals surface area contributed by atoms with Gasteiger partial charge in [-0.2, -0.15) is 4.98 Å². The largest absolute Gasteiger partial charge is 0.339 e. The maximum atomic E-state index is 12.4. The van der Waals surface area contributed by atoms with Crippen molar-refractivity contribution in [2.75, 3.05) is 13.1 Å². The van der Waals surface area contributed by atoms with E-state index in [4.69, 9.17) is 4.52 Å². The Labute approximate surface area is 140 Å². The summed E-state index contributed by atoms with van der Waals surface area (Å²) in [4.78, 5) is 12.5. The summed E-state index contributed by atoms with van der Waals surface area (Å²) in [6.45, 7) is 1.17. The molecule has 1 saturated carbocycles. The Hall–Kier alpha value is -1.87. The minimum atomic E-state index is -3.10. The van der Waals surface area contributed by atoms with Crippen LogP contribution in [0.4, 0.5) is 0 Å². The minimum Gasteiger partial charge on any atom is -0.339 e. The van der Waals surface area contributed by atoms with Gasteiger partial charge < -0.3 is 4.52 Å². The Kier molecular flexibility index (Phi) is 4.05. The molecule has 9 heteroatoms. The smallest absolute Gasteiger partial charge is 0.227 e. The van der Waals surface area contributed by atoms with Gasteiger partial charge in [0.15, 0.2) is 0 Å². The van der Waals surface area contributed by atoms with Crippen molar-refractivity contribution in [2.24, 2.45) is 5.92 Å². The van der Waals surface area contributed by atoms with Crippen LogP contribution in [0, 0.1) is 5.92 Å². The van der Waals surface area contributed by atoms with Crippen LogP contribution < -0.4 is 0 Å². The van der Waals surface area contributed by atoms with Crippen LogP contribution in [0.5, 0.6) is 0 Å². The van der Waals surface area contributed by atoms with Crippen LogP contribution in [0.15, 0.2) is 23.1 Å². The average molecular weight is 349 g/mol. The lowest BCUT2D eigenvalue weighted by atomic mass is 9.96. The Morgan fingerprint density at radius 1 is 1.25 bits per heavy atom. The maximum absolute atomic E-state index is 12.4. The Balaban J connectivity index is 1.43. The molecule has 1 aliphatic carbocycles. The number of sulfonamides is 1. The van der Waals surface area contributed by atoms with Crippen LogP contribution >= 0.6 is 0 Å². The van der Waals surface area contributed by atoms with E-state index in [1.165, 1.54) is 0 Å². The Morgan fingerprint density at radius 3 is 2.88 bits per heavy atom. The highest BCUT2D eigenvalue weighted by molar-refractivity contribution is 7.90. The van der Waals surface area contributed by atoms with E-state index in [0.29, 0.717) is 36.9 Å². The number of hydrogen-bond donors (Lipinski definition) is 0. The molecule has 0 spiro atoms. The summed E-state index contributed by atoms with van der Waals surface area (Å²) in [7, 11) is -3.10. The molecule has 128 valence electrons. The first-order valence-corrected chi connectivity index (χ1v) is 9.71. The molecule has 8 nitrogen and oxygen atoms in total. The highest BCUT2D eigenvalue weighted by Gasteiger charge is 2.41. The van der Waals surface area contributed by atoms with E-state index in [1.807, 2.05) is 0 Å². The summed E-state index contributed by atoms with van der Waals surface area (Å²) in [5.41, 5.74) is 0.564. The summed E-state index contributed by atoms with van der Waals surface area (Å²) in [5.74, 6) is 1.14. The van der Waals surface area contributed by atoms with Crippen molar-refractivity contribution in [3.63, 3.8) is 0 Å². The molecule has 1 atom stereocenters. The molecule has 0 amide bonds. The molecule has 0 bridgehead atoms. The zero-order valence-corrected chi connectivity index (χ0v) is 14.0. The van der Waals surface area contributed by atoms with E-state index in [1.54, 1.807) is 22.9 Å². The van der Waals surface area contributed by atoms with Crippen LogP contribution in [0.1, 0.15) is 31.6 Å². The van der Waals surface area contributed by atoms with E-state index in [2.05, 4.69) is 20.1 Å². The summed E-state index contributed by atoms with van der Waals surface area (Å²) in [6.07, 6.45) is 8.78. The van der Waals surface area contributed by atoms with Gasteiger partial charge in [0, 0.05) is 31.9 Å². The van der Waals surface area contributed by atoms with Crippen molar-refractivity contribution < 1.29 is 12.9 Å². The van der Waals surface area contributed by atoms with Crippen LogP contribution in [-0.2, 0) is 16.4 Å². The van der Waals surface area contributed by atoms with Crippen LogP contribution in [0.3, 0.4) is 0 Å². The average Bonchev–Trinajstić information content (AvgIpc) is 3.37. The van der Waals surface area contributed by atoms with Crippen LogP contribution in [-0.4, -0.2) is 51.2 Å². The lowest BCUT2D eigenvalue weighted by molar-refractivity contribution is 0.246. The molecule has 0 radical (unpaired) electrons. The molecule has 1 saturated heterocycles. The van der Waals surface area contributed by atoms with E-state index in [0.717, 1.165) is 25.7 Å². The molecule has 2 aliphatic rings. The van der Waals surface area contributed by atoms with Gasteiger partial charge in [-0.1, -0.05) is 5.16 Å². The third kappa shape index (κ3) is 3.18. The SMILES string of the molecule is O=S(=O)(C1CC1)N1CCC[C@H](Cc2nc(-c3cnccn3)no2)C1. The molecule has 1 aliphatic heterocycles.